The number of hydrogen-bond donors (Lipinski definition) is 0. The van der Waals surface area contributed by atoms with Crippen molar-refractivity contribution in [3.63, 3.8) is 0 Å². The summed E-state index contributed by atoms with van der Waals surface area (Å²) in [6.07, 6.45) is 0. The number of nitroso groups, excluding NO2 is 1. The van der Waals surface area contributed by atoms with Gasteiger partial charge in [0.2, 0.25) is 0 Å². The van der Waals surface area contributed by atoms with E-state index >= 15 is 0 Å². The lowest BCUT2D eigenvalue weighted by atomic mass is 10.4. The zero-order chi connectivity index (χ0) is 5.70. The molecule has 0 aromatic rings. The summed E-state index contributed by atoms with van der Waals surface area (Å²) in [4.78, 5) is 11.7. The molecule has 0 fully saturated rings. The summed E-state index contributed by atoms with van der Waals surface area (Å²) in [5.41, 5.74) is 0. The lowest BCUT2D eigenvalue weighted by Crippen LogP contribution is -1.93. The van der Waals surface area contributed by atoms with Gasteiger partial charge in [0.1, 0.15) is 6.04 Å². The standard InChI is InChI=1S/C4H8INO/c1-4(6-7)3-5-2/h3-4H,1-2H3. The number of halogens is 1. The van der Waals surface area contributed by atoms with Crippen LogP contribution in [-0.4, -0.2) is 15.0 Å². The van der Waals surface area contributed by atoms with Gasteiger partial charge in [-0.15, -0.1) is 20.7 Å². The SMILES string of the molecule is CI=CC(C)N=O. The summed E-state index contributed by atoms with van der Waals surface area (Å²) >= 11 is 0.142. The van der Waals surface area contributed by atoms with Gasteiger partial charge < -0.3 is 0 Å². The normalized spacial score (nSPS) is 15.7. The van der Waals surface area contributed by atoms with Crippen LogP contribution in [0.15, 0.2) is 5.18 Å². The third kappa shape index (κ3) is 4.04. The zero-order valence-corrected chi connectivity index (χ0v) is 6.55. The van der Waals surface area contributed by atoms with Gasteiger partial charge >= 0.3 is 0 Å². The Morgan fingerprint density at radius 1 is 1.86 bits per heavy atom. The monoisotopic (exact) mass is 213 g/mol. The predicted octanol–water partition coefficient (Wildman–Crippen LogP) is 1.54. The summed E-state index contributed by atoms with van der Waals surface area (Å²) in [5.74, 6) is 0. The van der Waals surface area contributed by atoms with Crippen LogP contribution < -0.4 is 0 Å². The van der Waals surface area contributed by atoms with Crippen LogP contribution in [-0.2, 0) is 0 Å². The maximum absolute atomic E-state index is 9.63. The molecule has 0 saturated carbocycles. The highest BCUT2D eigenvalue weighted by Gasteiger charge is 1.87. The van der Waals surface area contributed by atoms with Gasteiger partial charge in [0.15, 0.2) is 0 Å². The Kier molecular flexibility index (Phi) is 4.49. The molecule has 0 aromatic heterocycles. The Morgan fingerprint density at radius 3 is 2.57 bits per heavy atom. The van der Waals surface area contributed by atoms with Crippen LogP contribution in [0.5, 0.6) is 0 Å². The first kappa shape index (κ1) is 7.20. The van der Waals surface area contributed by atoms with Gasteiger partial charge in [-0.3, -0.25) is 0 Å². The Bertz CT molecular complexity index is 81.8. The number of hydrogen-bond acceptors (Lipinski definition) is 2. The maximum Gasteiger partial charge on any atom is 0.112 e. The molecular formula is C4H8INO. The molecule has 1 atom stereocenters. The van der Waals surface area contributed by atoms with Gasteiger partial charge in [-0.1, -0.05) is 5.18 Å². The van der Waals surface area contributed by atoms with Crippen molar-refractivity contribution < 1.29 is 0 Å². The molecule has 0 aliphatic heterocycles. The molecule has 42 valence electrons. The highest BCUT2D eigenvalue weighted by Crippen LogP contribution is 1.89. The average molecular weight is 213 g/mol. The zero-order valence-electron chi connectivity index (χ0n) is 4.39. The maximum atomic E-state index is 9.63. The summed E-state index contributed by atoms with van der Waals surface area (Å²) in [6.45, 7) is 1.80. The molecule has 2 nitrogen and oxygen atoms in total. The van der Waals surface area contributed by atoms with Crippen LogP contribution in [0.4, 0.5) is 0 Å². The topological polar surface area (TPSA) is 29.4 Å². The predicted molar refractivity (Wildman–Crippen MR) is 41.3 cm³/mol. The van der Waals surface area contributed by atoms with Gasteiger partial charge in [0.05, 0.1) is 0 Å². The molecule has 0 aliphatic rings. The minimum atomic E-state index is -0.0576. The lowest BCUT2D eigenvalue weighted by molar-refractivity contribution is 0.997. The largest absolute Gasteiger partial charge is 0.150 e. The molecule has 0 amide bonds. The second-order valence-electron chi connectivity index (χ2n) is 1.19. The van der Waals surface area contributed by atoms with Gasteiger partial charge in [0.25, 0.3) is 0 Å². The van der Waals surface area contributed by atoms with Crippen LogP contribution in [0.1, 0.15) is 6.92 Å². The fourth-order valence-corrected chi connectivity index (χ4v) is 1.38. The molecule has 0 N–H and O–H groups in total. The fraction of sp³-hybridized carbons (Fsp3) is 0.750. The van der Waals surface area contributed by atoms with Crippen LogP contribution in [0.2, 0.25) is 0 Å². The molecule has 0 saturated heterocycles. The molecule has 0 bridgehead atoms. The van der Waals surface area contributed by atoms with Crippen LogP contribution in [0.25, 0.3) is 0 Å². The van der Waals surface area contributed by atoms with E-state index in [2.05, 4.69) is 10.1 Å². The van der Waals surface area contributed by atoms with E-state index < -0.39 is 0 Å². The molecule has 1 unspecified atom stereocenters. The summed E-state index contributed by atoms with van der Waals surface area (Å²) in [6, 6.07) is -0.0576. The highest BCUT2D eigenvalue weighted by atomic mass is 127. The minimum absolute atomic E-state index is 0.0576. The minimum Gasteiger partial charge on any atom is -0.150 e. The lowest BCUT2D eigenvalue weighted by Gasteiger charge is -1.84. The third-order valence-corrected chi connectivity index (χ3v) is 2.23. The summed E-state index contributed by atoms with van der Waals surface area (Å²) < 4.78 is 1.98. The Morgan fingerprint density at radius 2 is 2.43 bits per heavy atom. The van der Waals surface area contributed by atoms with Crippen LogP contribution in [0.3, 0.4) is 0 Å². The van der Waals surface area contributed by atoms with Gasteiger partial charge in [-0.05, 0) is 15.9 Å². The van der Waals surface area contributed by atoms with E-state index in [9.17, 15) is 4.91 Å². The Balaban J connectivity index is 3.35. The van der Waals surface area contributed by atoms with Crippen molar-refractivity contribution in [1.29, 1.82) is 0 Å². The molecule has 0 rings (SSSR count). The van der Waals surface area contributed by atoms with E-state index in [1.54, 1.807) is 6.92 Å². The van der Waals surface area contributed by atoms with Gasteiger partial charge in [-0.25, -0.2) is 0 Å². The number of rotatable bonds is 2. The van der Waals surface area contributed by atoms with Crippen molar-refractivity contribution >= 4 is 24.7 Å². The van der Waals surface area contributed by atoms with Crippen molar-refractivity contribution in [3.8, 4) is 0 Å². The van der Waals surface area contributed by atoms with E-state index in [0.717, 1.165) is 0 Å². The quantitative estimate of drug-likeness (QED) is 0.388. The number of alkyl halides is 1. The third-order valence-electron chi connectivity index (χ3n) is 0.475. The summed E-state index contributed by atoms with van der Waals surface area (Å²) in [5, 5.41) is 2.80. The van der Waals surface area contributed by atoms with Crippen LogP contribution >= 0.6 is 20.7 Å². The molecule has 3 heteroatoms. The molecule has 0 aromatic carbocycles. The average Bonchev–Trinajstić information content (AvgIpc) is 1.68. The molecule has 0 heterocycles. The molecular weight excluding hydrogens is 205 g/mol. The van der Waals surface area contributed by atoms with E-state index in [4.69, 9.17) is 0 Å². The summed E-state index contributed by atoms with van der Waals surface area (Å²) in [7, 11) is 0. The first-order valence-electron chi connectivity index (χ1n) is 1.95. The van der Waals surface area contributed by atoms with Crippen molar-refractivity contribution in [2.24, 2.45) is 5.18 Å². The smallest absolute Gasteiger partial charge is 0.112 e. The van der Waals surface area contributed by atoms with Gasteiger partial charge in [-0.2, -0.15) is 4.91 Å². The molecule has 7 heavy (non-hydrogen) atoms. The van der Waals surface area contributed by atoms with Crippen molar-refractivity contribution in [3.05, 3.63) is 4.91 Å². The fourth-order valence-electron chi connectivity index (χ4n) is 0.205. The van der Waals surface area contributed by atoms with Crippen molar-refractivity contribution in [2.75, 3.05) is 4.93 Å². The first-order chi connectivity index (χ1) is 3.31. The van der Waals surface area contributed by atoms with Crippen LogP contribution in [0, 0.1) is 4.91 Å². The van der Waals surface area contributed by atoms with E-state index in [1.807, 2.05) is 4.01 Å². The van der Waals surface area contributed by atoms with Gasteiger partial charge in [0, 0.05) is 0 Å². The van der Waals surface area contributed by atoms with Crippen molar-refractivity contribution in [2.45, 2.75) is 13.0 Å². The highest BCUT2D eigenvalue weighted by molar-refractivity contribution is 14.2. The van der Waals surface area contributed by atoms with Crippen molar-refractivity contribution in [1.82, 2.24) is 0 Å². The Labute approximate surface area is 53.0 Å². The molecule has 0 aliphatic carbocycles. The van der Waals surface area contributed by atoms with E-state index in [-0.39, 0.29) is 26.8 Å². The second kappa shape index (κ2) is 4.36. The van der Waals surface area contributed by atoms with E-state index in [0.29, 0.717) is 0 Å². The van der Waals surface area contributed by atoms with E-state index in [1.165, 1.54) is 0 Å². The second-order valence-corrected chi connectivity index (χ2v) is 3.16. The molecule has 0 spiro atoms. The Hall–Kier alpha value is 0.200. The first-order valence-corrected chi connectivity index (χ1v) is 5.35. The molecule has 0 radical (unpaired) electrons. The number of nitrogens with zero attached hydrogens (tertiary/aromatic N) is 1.